The van der Waals surface area contributed by atoms with Crippen molar-refractivity contribution in [2.24, 2.45) is 5.92 Å². The van der Waals surface area contributed by atoms with Crippen LogP contribution in [0.3, 0.4) is 0 Å². The van der Waals surface area contributed by atoms with Crippen LogP contribution in [0.25, 0.3) is 5.57 Å². The minimum atomic E-state index is -0.437. The van der Waals surface area contributed by atoms with Gasteiger partial charge in [0.15, 0.2) is 0 Å². The Morgan fingerprint density at radius 3 is 2.50 bits per heavy atom. The lowest BCUT2D eigenvalue weighted by Crippen LogP contribution is -2.41. The number of ether oxygens (including phenoxy) is 1. The van der Waals surface area contributed by atoms with Gasteiger partial charge in [0, 0.05) is 17.6 Å². The molecule has 4 heteroatoms. The van der Waals surface area contributed by atoms with Crippen LogP contribution in [0.15, 0.2) is 35.3 Å². The van der Waals surface area contributed by atoms with Crippen LogP contribution in [-0.2, 0) is 4.74 Å². The van der Waals surface area contributed by atoms with Crippen LogP contribution in [0.1, 0.15) is 39.2 Å². The zero-order chi connectivity index (χ0) is 16.3. The topological polar surface area (TPSA) is 29.5 Å². The minimum Gasteiger partial charge on any atom is -0.444 e. The van der Waals surface area contributed by atoms with Gasteiger partial charge in [-0.1, -0.05) is 34.6 Å². The van der Waals surface area contributed by atoms with E-state index in [1.165, 1.54) is 5.56 Å². The molecule has 0 aromatic heterocycles. The smallest absolute Gasteiger partial charge is 0.410 e. The summed E-state index contributed by atoms with van der Waals surface area (Å²) >= 11 is 3.50. The van der Waals surface area contributed by atoms with E-state index in [2.05, 4.69) is 34.6 Å². The molecule has 22 heavy (non-hydrogen) atoms. The average Bonchev–Trinajstić information content (AvgIpc) is 2.45. The summed E-state index contributed by atoms with van der Waals surface area (Å²) in [5.74, 6) is 0.424. The number of benzene rings is 1. The molecule has 1 aromatic rings. The van der Waals surface area contributed by atoms with Gasteiger partial charge in [-0.25, -0.2) is 4.79 Å². The predicted octanol–water partition coefficient (Wildman–Crippen LogP) is 5.11. The first-order valence-electron chi connectivity index (χ1n) is 7.69. The van der Waals surface area contributed by atoms with Crippen molar-refractivity contribution in [1.82, 2.24) is 4.90 Å². The molecule has 120 valence electrons. The van der Waals surface area contributed by atoms with E-state index in [0.29, 0.717) is 5.92 Å². The monoisotopic (exact) mass is 365 g/mol. The van der Waals surface area contributed by atoms with Gasteiger partial charge in [-0.3, -0.25) is 0 Å². The quantitative estimate of drug-likeness (QED) is 0.728. The predicted molar refractivity (Wildman–Crippen MR) is 93.7 cm³/mol. The molecule has 3 nitrogen and oxygen atoms in total. The first-order valence-corrected chi connectivity index (χ1v) is 8.48. The fourth-order valence-corrected chi connectivity index (χ4v) is 3.06. The van der Waals surface area contributed by atoms with Crippen molar-refractivity contribution in [1.29, 1.82) is 0 Å². The maximum absolute atomic E-state index is 12.1. The molecule has 0 saturated carbocycles. The van der Waals surface area contributed by atoms with Gasteiger partial charge in [0.25, 0.3) is 0 Å². The third-order valence-corrected chi connectivity index (χ3v) is 4.33. The maximum Gasteiger partial charge on any atom is 0.410 e. The summed E-state index contributed by atoms with van der Waals surface area (Å²) in [5.41, 5.74) is 1.89. The minimum absolute atomic E-state index is 0.209. The van der Waals surface area contributed by atoms with Gasteiger partial charge in [-0.15, -0.1) is 0 Å². The van der Waals surface area contributed by atoms with Crippen molar-refractivity contribution in [2.45, 2.75) is 39.2 Å². The van der Waals surface area contributed by atoms with Crippen molar-refractivity contribution in [3.63, 3.8) is 0 Å². The molecule has 1 saturated heterocycles. The fourth-order valence-electron chi connectivity index (χ4n) is 2.66. The van der Waals surface area contributed by atoms with Crippen molar-refractivity contribution < 1.29 is 9.53 Å². The zero-order valence-corrected chi connectivity index (χ0v) is 15.1. The fraction of sp³-hybridized carbons (Fsp3) is 0.500. The van der Waals surface area contributed by atoms with E-state index < -0.39 is 5.60 Å². The Bertz CT molecular complexity index is 554. The van der Waals surface area contributed by atoms with Gasteiger partial charge in [0.05, 0.1) is 0 Å². The van der Waals surface area contributed by atoms with Crippen LogP contribution in [-0.4, -0.2) is 29.7 Å². The number of halogens is 1. The van der Waals surface area contributed by atoms with E-state index in [1.807, 2.05) is 32.9 Å². The van der Waals surface area contributed by atoms with Gasteiger partial charge in [-0.05, 0) is 62.8 Å². The van der Waals surface area contributed by atoms with E-state index in [9.17, 15) is 4.79 Å². The third kappa shape index (κ3) is 4.60. The van der Waals surface area contributed by atoms with E-state index in [0.717, 1.165) is 36.0 Å². The molecule has 0 aliphatic carbocycles. The Morgan fingerprint density at radius 2 is 1.95 bits per heavy atom. The van der Waals surface area contributed by atoms with E-state index in [4.69, 9.17) is 4.74 Å². The summed E-state index contributed by atoms with van der Waals surface area (Å²) in [6.07, 6.45) is 1.66. The summed E-state index contributed by atoms with van der Waals surface area (Å²) in [7, 11) is 0. The average molecular weight is 366 g/mol. The number of rotatable bonds is 2. The molecular formula is C18H24BrNO2. The number of amides is 1. The summed E-state index contributed by atoms with van der Waals surface area (Å²) in [5, 5.41) is 0. The highest BCUT2D eigenvalue weighted by Gasteiger charge is 2.28. The zero-order valence-electron chi connectivity index (χ0n) is 13.6. The summed E-state index contributed by atoms with van der Waals surface area (Å²) in [6, 6.07) is 8.23. The number of nitrogens with zero attached hydrogens (tertiary/aromatic N) is 1. The van der Waals surface area contributed by atoms with E-state index in [1.54, 1.807) is 4.90 Å². The number of hydrogen-bond acceptors (Lipinski definition) is 2. The SMILES string of the molecule is C=C(c1cccc(Br)c1)C1CCN(C(=O)OC(C)(C)C)CC1. The molecule has 1 heterocycles. The van der Waals surface area contributed by atoms with Crippen molar-refractivity contribution in [3.8, 4) is 0 Å². The number of hydrogen-bond donors (Lipinski definition) is 0. The maximum atomic E-state index is 12.1. The highest BCUT2D eigenvalue weighted by atomic mass is 79.9. The van der Waals surface area contributed by atoms with Crippen molar-refractivity contribution in [2.75, 3.05) is 13.1 Å². The van der Waals surface area contributed by atoms with Gasteiger partial charge in [0.2, 0.25) is 0 Å². The number of piperidine rings is 1. The van der Waals surface area contributed by atoms with Gasteiger partial charge in [0.1, 0.15) is 5.60 Å². The molecule has 1 aliphatic rings. The lowest BCUT2D eigenvalue weighted by Gasteiger charge is -2.34. The van der Waals surface area contributed by atoms with Crippen LogP contribution in [0.2, 0.25) is 0 Å². The van der Waals surface area contributed by atoms with Crippen LogP contribution in [0, 0.1) is 5.92 Å². The second-order valence-corrected chi connectivity index (χ2v) is 7.69. The van der Waals surface area contributed by atoms with E-state index >= 15 is 0 Å². The lowest BCUT2D eigenvalue weighted by atomic mass is 9.86. The second kappa shape index (κ2) is 6.86. The standard InChI is InChI=1S/C18H24BrNO2/c1-13(15-6-5-7-16(19)12-15)14-8-10-20(11-9-14)17(21)22-18(2,3)4/h5-7,12,14H,1,8-11H2,2-4H3. The van der Waals surface area contributed by atoms with Crippen LogP contribution >= 0.6 is 15.9 Å². The molecule has 0 bridgehead atoms. The van der Waals surface area contributed by atoms with Crippen molar-refractivity contribution in [3.05, 3.63) is 40.9 Å². The number of carbonyl (C=O) groups is 1. The number of carbonyl (C=O) groups excluding carboxylic acids is 1. The van der Waals surface area contributed by atoms with Gasteiger partial charge >= 0.3 is 6.09 Å². The molecule has 1 fully saturated rings. The van der Waals surface area contributed by atoms with Crippen molar-refractivity contribution >= 4 is 27.6 Å². The highest BCUT2D eigenvalue weighted by molar-refractivity contribution is 9.10. The van der Waals surface area contributed by atoms with Gasteiger partial charge < -0.3 is 9.64 Å². The number of likely N-dealkylation sites (tertiary alicyclic amines) is 1. The van der Waals surface area contributed by atoms with Crippen LogP contribution in [0.5, 0.6) is 0 Å². The molecule has 1 aliphatic heterocycles. The molecule has 0 spiro atoms. The molecule has 0 N–H and O–H groups in total. The molecule has 1 aromatic carbocycles. The Labute approximate surface area is 141 Å². The van der Waals surface area contributed by atoms with Gasteiger partial charge in [-0.2, -0.15) is 0 Å². The molecule has 0 unspecified atom stereocenters. The summed E-state index contributed by atoms with van der Waals surface area (Å²) < 4.78 is 6.50. The van der Waals surface area contributed by atoms with Crippen LogP contribution < -0.4 is 0 Å². The Balaban J connectivity index is 1.92. The Hall–Kier alpha value is -1.29. The van der Waals surface area contributed by atoms with Crippen LogP contribution in [0.4, 0.5) is 4.79 Å². The normalized spacial score (nSPS) is 16.5. The highest BCUT2D eigenvalue weighted by Crippen LogP contribution is 2.32. The van der Waals surface area contributed by atoms with E-state index in [-0.39, 0.29) is 6.09 Å². The first kappa shape index (κ1) is 17.1. The molecule has 2 rings (SSSR count). The second-order valence-electron chi connectivity index (χ2n) is 6.78. The molecule has 0 radical (unpaired) electrons. The summed E-state index contributed by atoms with van der Waals surface area (Å²) in [6.45, 7) is 11.4. The first-order chi connectivity index (χ1) is 10.3. The number of allylic oxidation sites excluding steroid dienone is 1. The molecule has 1 amide bonds. The largest absolute Gasteiger partial charge is 0.444 e. The lowest BCUT2D eigenvalue weighted by molar-refractivity contribution is 0.0200. The Morgan fingerprint density at radius 1 is 1.32 bits per heavy atom. The third-order valence-electron chi connectivity index (χ3n) is 3.83. The molecular weight excluding hydrogens is 342 g/mol. The Kier molecular flexibility index (Phi) is 5.32. The summed E-state index contributed by atoms with van der Waals surface area (Å²) in [4.78, 5) is 13.9. The molecule has 0 atom stereocenters.